The van der Waals surface area contributed by atoms with Gasteiger partial charge in [0, 0.05) is 30.0 Å². The minimum Gasteiger partial charge on any atom is -0.493 e. The van der Waals surface area contributed by atoms with Gasteiger partial charge in [-0.1, -0.05) is 36.4 Å². The smallest absolute Gasteiger partial charge is 0.244 e. The molecule has 0 radical (unpaired) electrons. The van der Waals surface area contributed by atoms with E-state index >= 15 is 0 Å². The number of fused-ring (bicyclic) bond motifs is 2. The molecule has 2 atom stereocenters. The van der Waals surface area contributed by atoms with Gasteiger partial charge in [-0.05, 0) is 50.1 Å². The number of nitrogens with one attached hydrogen (secondary N) is 1. The SMILES string of the molecule is O=C(CCC1CCCCN1)N1N=C(c2cc(F)ccc2F)SC12CCOc1ccccc12. The van der Waals surface area contributed by atoms with Crippen LogP contribution in [-0.2, 0) is 9.67 Å². The molecule has 8 heteroatoms. The molecule has 1 spiro atoms. The van der Waals surface area contributed by atoms with Gasteiger partial charge in [-0.25, -0.2) is 13.8 Å². The third kappa shape index (κ3) is 3.90. The van der Waals surface area contributed by atoms with Crippen LogP contribution in [0, 0.1) is 11.6 Å². The first-order chi connectivity index (χ1) is 15.6. The molecule has 3 aliphatic heterocycles. The molecule has 168 valence electrons. The molecule has 1 N–H and O–H groups in total. The number of carbonyl (C=O) groups excluding carboxylic acids is 1. The highest BCUT2D eigenvalue weighted by atomic mass is 32.2. The van der Waals surface area contributed by atoms with E-state index in [9.17, 15) is 13.6 Å². The predicted molar refractivity (Wildman–Crippen MR) is 120 cm³/mol. The third-order valence-corrected chi connectivity index (χ3v) is 7.75. The number of rotatable bonds is 4. The lowest BCUT2D eigenvalue weighted by Crippen LogP contribution is -2.45. The molecular weight excluding hydrogens is 432 g/mol. The Morgan fingerprint density at radius 1 is 1.25 bits per heavy atom. The van der Waals surface area contributed by atoms with Gasteiger partial charge in [0.2, 0.25) is 5.91 Å². The summed E-state index contributed by atoms with van der Waals surface area (Å²) in [5.41, 5.74) is 0.901. The van der Waals surface area contributed by atoms with E-state index in [0.29, 0.717) is 36.3 Å². The minimum atomic E-state index is -0.833. The van der Waals surface area contributed by atoms with E-state index in [0.717, 1.165) is 43.1 Å². The predicted octanol–water partition coefficient (Wildman–Crippen LogP) is 4.76. The standard InChI is InChI=1S/C24H25F2N3O2S/c25-16-8-10-20(26)18(15-16)23-28-29(22(30)11-9-17-5-3-4-13-27-17)24(32-23)12-14-31-21-7-2-1-6-19(21)24/h1-2,6-8,10,15,17,27H,3-5,9,11-14H2. The number of benzene rings is 2. The van der Waals surface area contributed by atoms with Crippen molar-refractivity contribution in [2.24, 2.45) is 5.10 Å². The van der Waals surface area contributed by atoms with Crippen LogP contribution in [0.3, 0.4) is 0 Å². The highest BCUT2D eigenvalue weighted by Crippen LogP contribution is 2.54. The minimum absolute atomic E-state index is 0.0718. The summed E-state index contributed by atoms with van der Waals surface area (Å²) in [5.74, 6) is -0.532. The quantitative estimate of drug-likeness (QED) is 0.719. The van der Waals surface area contributed by atoms with Crippen molar-refractivity contribution in [1.29, 1.82) is 0 Å². The molecule has 3 heterocycles. The molecule has 0 aliphatic carbocycles. The van der Waals surface area contributed by atoms with Crippen LogP contribution in [0.5, 0.6) is 5.75 Å². The number of hydrazone groups is 1. The topological polar surface area (TPSA) is 53.9 Å². The zero-order valence-electron chi connectivity index (χ0n) is 17.7. The molecule has 2 aromatic rings. The van der Waals surface area contributed by atoms with Gasteiger partial charge < -0.3 is 10.1 Å². The summed E-state index contributed by atoms with van der Waals surface area (Å²) in [6.45, 7) is 1.39. The molecular formula is C24H25F2N3O2S. The molecule has 2 unspecified atom stereocenters. The van der Waals surface area contributed by atoms with E-state index in [1.165, 1.54) is 29.6 Å². The van der Waals surface area contributed by atoms with Crippen LogP contribution in [0.2, 0.25) is 0 Å². The van der Waals surface area contributed by atoms with E-state index in [1.807, 2.05) is 24.3 Å². The molecule has 1 fully saturated rings. The summed E-state index contributed by atoms with van der Waals surface area (Å²) in [5, 5.41) is 9.87. The first-order valence-electron chi connectivity index (χ1n) is 11.1. The normalized spacial score (nSPS) is 24.8. The molecule has 0 saturated carbocycles. The van der Waals surface area contributed by atoms with Gasteiger partial charge in [-0.2, -0.15) is 5.10 Å². The first-order valence-corrected chi connectivity index (χ1v) is 11.9. The van der Waals surface area contributed by atoms with Gasteiger partial charge in [0.1, 0.15) is 27.3 Å². The maximum absolute atomic E-state index is 14.6. The summed E-state index contributed by atoms with van der Waals surface area (Å²) >= 11 is 1.30. The van der Waals surface area contributed by atoms with Crippen LogP contribution in [-0.4, -0.2) is 35.2 Å². The summed E-state index contributed by atoms with van der Waals surface area (Å²) in [6, 6.07) is 11.2. The molecule has 5 nitrogen and oxygen atoms in total. The Morgan fingerprint density at radius 3 is 2.97 bits per heavy atom. The van der Waals surface area contributed by atoms with Crippen LogP contribution < -0.4 is 10.1 Å². The van der Waals surface area contributed by atoms with Crippen molar-refractivity contribution in [1.82, 2.24) is 10.3 Å². The van der Waals surface area contributed by atoms with Crippen molar-refractivity contribution in [3.8, 4) is 5.75 Å². The molecule has 5 rings (SSSR count). The van der Waals surface area contributed by atoms with Gasteiger partial charge in [0.15, 0.2) is 0 Å². The van der Waals surface area contributed by atoms with Crippen LogP contribution >= 0.6 is 11.8 Å². The number of piperidine rings is 1. The average molecular weight is 458 g/mol. The zero-order valence-corrected chi connectivity index (χ0v) is 18.5. The number of amides is 1. The van der Waals surface area contributed by atoms with E-state index in [1.54, 1.807) is 0 Å². The highest BCUT2D eigenvalue weighted by molar-refractivity contribution is 8.15. The van der Waals surface area contributed by atoms with E-state index in [2.05, 4.69) is 10.4 Å². The van der Waals surface area contributed by atoms with Gasteiger partial charge in [-0.15, -0.1) is 0 Å². The number of halogens is 2. The number of thioether (sulfide) groups is 1. The van der Waals surface area contributed by atoms with E-state index < -0.39 is 16.5 Å². The van der Waals surface area contributed by atoms with Crippen molar-refractivity contribution in [3.05, 3.63) is 65.2 Å². The molecule has 0 aromatic heterocycles. The first kappa shape index (κ1) is 21.4. The maximum atomic E-state index is 14.6. The monoisotopic (exact) mass is 457 g/mol. The Hall–Kier alpha value is -2.45. The molecule has 1 amide bonds. The summed E-state index contributed by atoms with van der Waals surface area (Å²) in [4.78, 5) is 12.6. The van der Waals surface area contributed by atoms with E-state index in [4.69, 9.17) is 4.74 Å². The number of hydrogen-bond acceptors (Lipinski definition) is 5. The number of ether oxygens (including phenoxy) is 1. The Labute approximate surface area is 190 Å². The zero-order chi connectivity index (χ0) is 22.1. The number of para-hydroxylation sites is 1. The average Bonchev–Trinajstić information content (AvgIpc) is 3.20. The van der Waals surface area contributed by atoms with Crippen molar-refractivity contribution in [3.63, 3.8) is 0 Å². The van der Waals surface area contributed by atoms with Crippen molar-refractivity contribution < 1.29 is 18.3 Å². The summed E-state index contributed by atoms with van der Waals surface area (Å²) in [6.07, 6.45) is 4.97. The van der Waals surface area contributed by atoms with Gasteiger partial charge >= 0.3 is 0 Å². The van der Waals surface area contributed by atoms with Gasteiger partial charge in [0.25, 0.3) is 0 Å². The Morgan fingerprint density at radius 2 is 2.12 bits per heavy atom. The highest BCUT2D eigenvalue weighted by Gasteiger charge is 2.51. The number of hydrogen-bond donors (Lipinski definition) is 1. The van der Waals surface area contributed by atoms with Gasteiger partial charge in [0.05, 0.1) is 6.61 Å². The molecule has 3 aliphatic rings. The maximum Gasteiger partial charge on any atom is 0.244 e. The lowest BCUT2D eigenvalue weighted by atomic mass is 9.97. The van der Waals surface area contributed by atoms with Crippen molar-refractivity contribution in [2.75, 3.05) is 13.2 Å². The molecule has 0 bridgehead atoms. The lowest BCUT2D eigenvalue weighted by Gasteiger charge is -2.39. The van der Waals surface area contributed by atoms with Crippen LogP contribution in [0.4, 0.5) is 8.78 Å². The number of nitrogens with zero attached hydrogens (tertiary/aromatic N) is 2. The fourth-order valence-electron chi connectivity index (χ4n) is 4.67. The Kier molecular flexibility index (Phi) is 5.90. The molecule has 32 heavy (non-hydrogen) atoms. The Bertz CT molecular complexity index is 1060. The largest absolute Gasteiger partial charge is 0.493 e. The van der Waals surface area contributed by atoms with Crippen LogP contribution in [0.1, 0.15) is 49.7 Å². The second-order valence-electron chi connectivity index (χ2n) is 8.40. The molecule has 1 saturated heterocycles. The van der Waals surface area contributed by atoms with Gasteiger partial charge in [-0.3, -0.25) is 4.79 Å². The Balaban J connectivity index is 1.50. The van der Waals surface area contributed by atoms with Crippen LogP contribution in [0.25, 0.3) is 0 Å². The fourth-order valence-corrected chi connectivity index (χ4v) is 6.07. The van der Waals surface area contributed by atoms with Crippen molar-refractivity contribution >= 4 is 22.7 Å². The number of carbonyl (C=O) groups is 1. The van der Waals surface area contributed by atoms with E-state index in [-0.39, 0.29) is 11.5 Å². The second kappa shape index (κ2) is 8.83. The fraction of sp³-hybridized carbons (Fsp3) is 0.417. The lowest BCUT2D eigenvalue weighted by molar-refractivity contribution is -0.135. The summed E-state index contributed by atoms with van der Waals surface area (Å²) in [7, 11) is 0. The second-order valence-corrected chi connectivity index (χ2v) is 9.67. The third-order valence-electron chi connectivity index (χ3n) is 6.32. The summed E-state index contributed by atoms with van der Waals surface area (Å²) < 4.78 is 34.3. The van der Waals surface area contributed by atoms with Crippen LogP contribution in [0.15, 0.2) is 47.6 Å². The van der Waals surface area contributed by atoms with Crippen molar-refractivity contribution in [2.45, 2.75) is 49.4 Å². The molecule has 2 aromatic carbocycles.